The second-order valence-electron chi connectivity index (χ2n) is 9.06. The molecule has 2 aromatic rings. The second kappa shape index (κ2) is 10.4. The molecular weight excluding hydrogens is 400 g/mol. The lowest BCUT2D eigenvalue weighted by molar-refractivity contribution is -0.00517. The van der Waals surface area contributed by atoms with E-state index in [1.165, 1.54) is 5.56 Å². The van der Waals surface area contributed by atoms with E-state index in [-0.39, 0.29) is 24.3 Å². The molecule has 32 heavy (non-hydrogen) atoms. The first-order chi connectivity index (χ1) is 15.5. The second-order valence-corrected chi connectivity index (χ2v) is 9.06. The zero-order chi connectivity index (χ0) is 22.5. The van der Waals surface area contributed by atoms with Crippen LogP contribution in [-0.2, 0) is 11.3 Å². The summed E-state index contributed by atoms with van der Waals surface area (Å²) in [7, 11) is 0. The van der Waals surface area contributed by atoms with Gasteiger partial charge in [0, 0.05) is 45.3 Å². The van der Waals surface area contributed by atoms with Crippen LogP contribution in [0.3, 0.4) is 0 Å². The molecular formula is C26H36N4O2. The summed E-state index contributed by atoms with van der Waals surface area (Å²) in [6.45, 7) is 11.5. The number of benzene rings is 2. The van der Waals surface area contributed by atoms with E-state index in [2.05, 4.69) is 72.3 Å². The van der Waals surface area contributed by atoms with Crippen LogP contribution in [0, 0.1) is 0 Å². The number of anilines is 2. The number of likely N-dealkylation sites (N-methyl/N-ethyl adjacent to an activating group) is 1. The standard InChI is InChI=1S/C26H36N4O2/c1-4-30(23-14-15-28(19-23)18-22-10-6-5-7-11-22)26(31)27-24-12-8-9-13-25(24)29-16-20(2)32-21(3)17-29/h5-13,20-21,23H,4,14-19H2,1-3H3,(H,27,31)/t20-,21-,23-/m0/s1. The van der Waals surface area contributed by atoms with Crippen molar-refractivity contribution in [3.8, 4) is 0 Å². The Morgan fingerprint density at radius 3 is 2.44 bits per heavy atom. The summed E-state index contributed by atoms with van der Waals surface area (Å²) in [6.07, 6.45) is 1.35. The van der Waals surface area contributed by atoms with Crippen LogP contribution < -0.4 is 10.2 Å². The van der Waals surface area contributed by atoms with E-state index in [0.29, 0.717) is 6.54 Å². The van der Waals surface area contributed by atoms with Gasteiger partial charge in [0.2, 0.25) is 0 Å². The summed E-state index contributed by atoms with van der Waals surface area (Å²) in [4.78, 5) is 20.1. The highest BCUT2D eigenvalue weighted by molar-refractivity contribution is 5.93. The predicted molar refractivity (Wildman–Crippen MR) is 130 cm³/mol. The Bertz CT molecular complexity index is 880. The summed E-state index contributed by atoms with van der Waals surface area (Å²) in [5.74, 6) is 0. The maximum absolute atomic E-state index is 13.3. The lowest BCUT2D eigenvalue weighted by atomic mass is 10.1. The van der Waals surface area contributed by atoms with Crippen LogP contribution in [0.25, 0.3) is 0 Å². The van der Waals surface area contributed by atoms with Crippen molar-refractivity contribution in [1.82, 2.24) is 9.80 Å². The fourth-order valence-corrected chi connectivity index (χ4v) is 5.04. The molecule has 4 rings (SSSR count). The first-order valence-electron chi connectivity index (χ1n) is 11.9. The monoisotopic (exact) mass is 436 g/mol. The maximum Gasteiger partial charge on any atom is 0.322 e. The third-order valence-electron chi connectivity index (χ3n) is 6.44. The zero-order valence-electron chi connectivity index (χ0n) is 19.5. The fraction of sp³-hybridized carbons (Fsp3) is 0.500. The van der Waals surface area contributed by atoms with Crippen molar-refractivity contribution >= 4 is 17.4 Å². The van der Waals surface area contributed by atoms with Crippen molar-refractivity contribution in [2.45, 2.75) is 52.0 Å². The Hall–Kier alpha value is -2.57. The van der Waals surface area contributed by atoms with Crippen LogP contribution in [0.15, 0.2) is 54.6 Å². The quantitative estimate of drug-likeness (QED) is 0.728. The number of hydrogen-bond acceptors (Lipinski definition) is 4. The molecule has 2 aliphatic heterocycles. The number of likely N-dealkylation sites (tertiary alicyclic amines) is 1. The molecule has 0 unspecified atom stereocenters. The summed E-state index contributed by atoms with van der Waals surface area (Å²) in [6, 6.07) is 18.9. The molecule has 2 aliphatic rings. The zero-order valence-corrected chi connectivity index (χ0v) is 19.5. The number of hydrogen-bond donors (Lipinski definition) is 1. The van der Waals surface area contributed by atoms with Gasteiger partial charge in [-0.3, -0.25) is 4.90 Å². The Labute approximate surface area is 192 Å². The van der Waals surface area contributed by atoms with E-state index < -0.39 is 0 Å². The molecule has 2 aromatic carbocycles. The van der Waals surface area contributed by atoms with Crippen LogP contribution in [0.4, 0.5) is 16.2 Å². The molecule has 0 aromatic heterocycles. The molecule has 0 saturated carbocycles. The predicted octanol–water partition coefficient (Wildman–Crippen LogP) is 4.43. The number of urea groups is 1. The molecule has 6 heteroatoms. The summed E-state index contributed by atoms with van der Waals surface area (Å²) in [5.41, 5.74) is 3.26. The van der Waals surface area contributed by atoms with Crippen molar-refractivity contribution in [3.05, 3.63) is 60.2 Å². The largest absolute Gasteiger partial charge is 0.372 e. The summed E-state index contributed by atoms with van der Waals surface area (Å²) >= 11 is 0. The van der Waals surface area contributed by atoms with Crippen LogP contribution in [0.5, 0.6) is 0 Å². The van der Waals surface area contributed by atoms with Crippen molar-refractivity contribution < 1.29 is 9.53 Å². The Kier molecular flexibility index (Phi) is 7.33. The van der Waals surface area contributed by atoms with Gasteiger partial charge in [-0.05, 0) is 44.9 Å². The molecule has 2 saturated heterocycles. The fourth-order valence-electron chi connectivity index (χ4n) is 5.04. The van der Waals surface area contributed by atoms with Gasteiger partial charge in [0.15, 0.2) is 0 Å². The van der Waals surface area contributed by atoms with Gasteiger partial charge in [0.05, 0.1) is 23.6 Å². The normalized spacial score (nSPS) is 23.8. The number of nitrogens with zero attached hydrogens (tertiary/aromatic N) is 3. The highest BCUT2D eigenvalue weighted by Gasteiger charge is 2.31. The topological polar surface area (TPSA) is 48.1 Å². The molecule has 0 spiro atoms. The summed E-state index contributed by atoms with van der Waals surface area (Å²) < 4.78 is 5.89. The van der Waals surface area contributed by atoms with Crippen molar-refractivity contribution in [2.75, 3.05) is 42.9 Å². The van der Waals surface area contributed by atoms with E-state index in [1.54, 1.807) is 0 Å². The van der Waals surface area contributed by atoms with Gasteiger partial charge in [-0.25, -0.2) is 4.79 Å². The van der Waals surface area contributed by atoms with Gasteiger partial charge in [-0.2, -0.15) is 0 Å². The van der Waals surface area contributed by atoms with Crippen molar-refractivity contribution in [3.63, 3.8) is 0 Å². The van der Waals surface area contributed by atoms with Crippen LogP contribution in [0.1, 0.15) is 32.8 Å². The third-order valence-corrected chi connectivity index (χ3v) is 6.44. The molecule has 2 heterocycles. The van der Waals surface area contributed by atoms with E-state index in [9.17, 15) is 4.79 Å². The minimum atomic E-state index is -0.0131. The number of morpholine rings is 1. The van der Waals surface area contributed by atoms with Gasteiger partial charge in [-0.15, -0.1) is 0 Å². The Morgan fingerprint density at radius 2 is 1.72 bits per heavy atom. The number of amides is 2. The molecule has 1 N–H and O–H groups in total. The maximum atomic E-state index is 13.3. The minimum absolute atomic E-state index is 0.0131. The highest BCUT2D eigenvalue weighted by Crippen LogP contribution is 2.29. The number of para-hydroxylation sites is 2. The molecule has 0 radical (unpaired) electrons. The van der Waals surface area contributed by atoms with Gasteiger partial charge in [-0.1, -0.05) is 42.5 Å². The van der Waals surface area contributed by atoms with Crippen LogP contribution in [-0.4, -0.2) is 66.8 Å². The number of rotatable bonds is 6. The lowest BCUT2D eigenvalue weighted by Gasteiger charge is -2.38. The molecule has 2 amide bonds. The smallest absolute Gasteiger partial charge is 0.322 e. The Morgan fingerprint density at radius 1 is 1.03 bits per heavy atom. The van der Waals surface area contributed by atoms with Gasteiger partial charge in [0.1, 0.15) is 0 Å². The molecule has 3 atom stereocenters. The Balaban J connectivity index is 1.41. The SMILES string of the molecule is CCN(C(=O)Nc1ccccc1N1C[C@H](C)O[C@@H](C)C1)[C@H]1CCN(Cc2ccccc2)C1. The van der Waals surface area contributed by atoms with E-state index >= 15 is 0 Å². The minimum Gasteiger partial charge on any atom is -0.372 e. The molecule has 0 bridgehead atoms. The summed E-state index contributed by atoms with van der Waals surface area (Å²) in [5, 5.41) is 3.22. The van der Waals surface area contributed by atoms with Crippen molar-refractivity contribution in [1.29, 1.82) is 0 Å². The first kappa shape index (κ1) is 22.6. The number of carbonyl (C=O) groups is 1. The molecule has 2 fully saturated rings. The van der Waals surface area contributed by atoms with Gasteiger partial charge in [0.25, 0.3) is 0 Å². The van der Waals surface area contributed by atoms with Crippen LogP contribution in [0.2, 0.25) is 0 Å². The first-order valence-corrected chi connectivity index (χ1v) is 11.9. The molecule has 6 nitrogen and oxygen atoms in total. The van der Waals surface area contributed by atoms with Crippen molar-refractivity contribution in [2.24, 2.45) is 0 Å². The highest BCUT2D eigenvalue weighted by atomic mass is 16.5. The number of carbonyl (C=O) groups excluding carboxylic acids is 1. The molecule has 0 aliphatic carbocycles. The van der Waals surface area contributed by atoms with E-state index in [0.717, 1.165) is 50.5 Å². The molecule has 172 valence electrons. The van der Waals surface area contributed by atoms with E-state index in [1.807, 2.05) is 23.1 Å². The average molecular weight is 437 g/mol. The number of nitrogens with one attached hydrogen (secondary N) is 1. The van der Waals surface area contributed by atoms with E-state index in [4.69, 9.17) is 4.74 Å². The van der Waals surface area contributed by atoms with Gasteiger partial charge < -0.3 is 19.9 Å². The van der Waals surface area contributed by atoms with Gasteiger partial charge >= 0.3 is 6.03 Å². The number of ether oxygens (including phenoxy) is 1. The average Bonchev–Trinajstić information content (AvgIpc) is 3.22. The van der Waals surface area contributed by atoms with Crippen LogP contribution >= 0.6 is 0 Å². The third kappa shape index (κ3) is 5.43. The lowest BCUT2D eigenvalue weighted by Crippen LogP contribution is -2.46.